The van der Waals surface area contributed by atoms with E-state index in [1.807, 2.05) is 18.5 Å². The first kappa shape index (κ1) is 17.4. The van der Waals surface area contributed by atoms with Crippen LogP contribution in [0.2, 0.25) is 6.32 Å². The van der Waals surface area contributed by atoms with Crippen molar-refractivity contribution in [3.63, 3.8) is 0 Å². The summed E-state index contributed by atoms with van der Waals surface area (Å²) >= 11 is 0. The average molecular weight is 353 g/mol. The molecular formula is C20H24BNO4. The maximum absolute atomic E-state index is 9.64. The van der Waals surface area contributed by atoms with Crippen LogP contribution >= 0.6 is 0 Å². The van der Waals surface area contributed by atoms with Crippen LogP contribution in [0.4, 0.5) is 0 Å². The summed E-state index contributed by atoms with van der Waals surface area (Å²) < 4.78 is 17.0. The van der Waals surface area contributed by atoms with E-state index in [9.17, 15) is 5.02 Å². The second-order valence-electron chi connectivity index (χ2n) is 7.04. The Morgan fingerprint density at radius 1 is 1.35 bits per heavy atom. The third-order valence-corrected chi connectivity index (χ3v) is 5.42. The zero-order valence-corrected chi connectivity index (χ0v) is 15.3. The summed E-state index contributed by atoms with van der Waals surface area (Å²) in [7, 11) is 1.01. The topological polar surface area (TPSA) is 60.8 Å². The van der Waals surface area contributed by atoms with Crippen LogP contribution in [0.15, 0.2) is 30.6 Å². The molecule has 1 aromatic heterocycles. The molecule has 1 N–H and O–H groups in total. The van der Waals surface area contributed by atoms with E-state index in [-0.39, 0.29) is 12.0 Å². The van der Waals surface area contributed by atoms with Crippen molar-refractivity contribution < 1.29 is 19.2 Å². The Bertz CT molecular complexity index is 797. The average Bonchev–Trinajstić information content (AvgIpc) is 3.13. The molecule has 2 atom stereocenters. The van der Waals surface area contributed by atoms with E-state index in [1.54, 1.807) is 7.11 Å². The molecule has 6 heteroatoms. The molecule has 5 nitrogen and oxygen atoms in total. The normalized spacial score (nSPS) is 22.0. The lowest BCUT2D eigenvalue weighted by atomic mass is 9.79. The van der Waals surface area contributed by atoms with Crippen molar-refractivity contribution in [2.24, 2.45) is 0 Å². The van der Waals surface area contributed by atoms with E-state index in [0.29, 0.717) is 12.9 Å². The first-order valence-electron chi connectivity index (χ1n) is 9.31. The van der Waals surface area contributed by atoms with Gasteiger partial charge in [-0.25, -0.2) is 0 Å². The molecule has 1 fully saturated rings. The summed E-state index contributed by atoms with van der Waals surface area (Å²) in [6.45, 7) is 2.69. The molecule has 0 bridgehead atoms. The fourth-order valence-electron chi connectivity index (χ4n) is 3.90. The van der Waals surface area contributed by atoms with Gasteiger partial charge in [-0.2, -0.15) is 0 Å². The molecule has 4 rings (SSSR count). The van der Waals surface area contributed by atoms with Gasteiger partial charge in [0.25, 0.3) is 0 Å². The Hall–Kier alpha value is -2.05. The second-order valence-corrected chi connectivity index (χ2v) is 7.04. The van der Waals surface area contributed by atoms with Gasteiger partial charge in [-0.1, -0.05) is 13.0 Å². The minimum Gasteiger partial charge on any atom is -0.493 e. The number of ether oxygens (including phenoxy) is 2. The summed E-state index contributed by atoms with van der Waals surface area (Å²) in [5.74, 6) is 1.85. The van der Waals surface area contributed by atoms with Gasteiger partial charge in [0.05, 0.1) is 13.2 Å². The molecule has 1 aromatic carbocycles. The molecule has 26 heavy (non-hydrogen) atoms. The highest BCUT2D eigenvalue weighted by Crippen LogP contribution is 2.43. The molecule has 3 heterocycles. The number of hydrogen-bond donors (Lipinski definition) is 1. The number of benzene rings is 1. The predicted octanol–water partition coefficient (Wildman–Crippen LogP) is 3.46. The Morgan fingerprint density at radius 2 is 2.23 bits per heavy atom. The molecule has 0 amide bonds. The Labute approximate surface area is 154 Å². The monoisotopic (exact) mass is 353 g/mol. The van der Waals surface area contributed by atoms with Crippen molar-refractivity contribution >= 4 is 7.12 Å². The first-order chi connectivity index (χ1) is 12.7. The van der Waals surface area contributed by atoms with Gasteiger partial charge in [-0.3, -0.25) is 4.98 Å². The van der Waals surface area contributed by atoms with Gasteiger partial charge < -0.3 is 19.2 Å². The SMILES string of the molecule is CCC1CCc2c(-c3cncc([C@@H]4COB(O)C4)c3)ccc(OC)c2O1. The van der Waals surface area contributed by atoms with E-state index >= 15 is 0 Å². The summed E-state index contributed by atoms with van der Waals surface area (Å²) in [5.41, 5.74) is 4.51. The van der Waals surface area contributed by atoms with Gasteiger partial charge in [-0.15, -0.1) is 0 Å². The maximum atomic E-state index is 9.64. The highest BCUT2D eigenvalue weighted by Gasteiger charge is 2.30. The van der Waals surface area contributed by atoms with Gasteiger partial charge in [0.2, 0.25) is 0 Å². The van der Waals surface area contributed by atoms with Gasteiger partial charge in [0, 0.05) is 36.0 Å². The second kappa shape index (κ2) is 7.29. The van der Waals surface area contributed by atoms with E-state index in [4.69, 9.17) is 14.1 Å². The zero-order chi connectivity index (χ0) is 18.1. The highest BCUT2D eigenvalue weighted by atomic mass is 16.5. The third kappa shape index (κ3) is 3.19. The van der Waals surface area contributed by atoms with Crippen LogP contribution < -0.4 is 9.47 Å². The van der Waals surface area contributed by atoms with Crippen LogP contribution in [0.5, 0.6) is 11.5 Å². The molecule has 2 aliphatic rings. The first-order valence-corrected chi connectivity index (χ1v) is 9.31. The maximum Gasteiger partial charge on any atom is 0.454 e. The fourth-order valence-corrected chi connectivity index (χ4v) is 3.90. The molecule has 2 aromatic rings. The van der Waals surface area contributed by atoms with Gasteiger partial charge >= 0.3 is 7.12 Å². The third-order valence-electron chi connectivity index (χ3n) is 5.42. The number of aromatic nitrogens is 1. The van der Waals surface area contributed by atoms with Crippen molar-refractivity contribution in [3.8, 4) is 22.6 Å². The Morgan fingerprint density at radius 3 is 2.96 bits per heavy atom. The summed E-state index contributed by atoms with van der Waals surface area (Å²) in [5, 5.41) is 9.64. The van der Waals surface area contributed by atoms with Crippen LogP contribution in [0.25, 0.3) is 11.1 Å². The standard InChI is InChI=1S/C20H24BNO4/c1-3-16-4-5-18-17(6-7-19(24-2)20(18)26-16)14-8-13(10-22-11-14)15-9-21(23)25-12-15/h6-8,10-11,15-16,23H,3-5,9,12H2,1-2H3/t15-,16?/m0/s1. The van der Waals surface area contributed by atoms with Crippen LogP contribution in [-0.4, -0.2) is 36.9 Å². The van der Waals surface area contributed by atoms with E-state index in [2.05, 4.69) is 24.0 Å². The predicted molar refractivity (Wildman–Crippen MR) is 101 cm³/mol. The van der Waals surface area contributed by atoms with E-state index in [0.717, 1.165) is 47.5 Å². The molecule has 0 spiro atoms. The lowest BCUT2D eigenvalue weighted by molar-refractivity contribution is 0.162. The smallest absolute Gasteiger partial charge is 0.454 e. The van der Waals surface area contributed by atoms with E-state index in [1.165, 1.54) is 5.56 Å². The molecule has 136 valence electrons. The summed E-state index contributed by atoms with van der Waals surface area (Å²) in [4.78, 5) is 4.44. The van der Waals surface area contributed by atoms with Gasteiger partial charge in [-0.05, 0) is 48.8 Å². The number of methoxy groups -OCH3 is 1. The molecule has 0 radical (unpaired) electrons. The van der Waals surface area contributed by atoms with Crippen LogP contribution in [0.1, 0.15) is 36.8 Å². The quantitative estimate of drug-likeness (QED) is 0.853. The minimum atomic E-state index is -0.670. The Balaban J connectivity index is 1.72. The molecule has 1 unspecified atom stereocenters. The van der Waals surface area contributed by atoms with Crippen molar-refractivity contribution in [1.29, 1.82) is 0 Å². The van der Waals surface area contributed by atoms with Gasteiger partial charge in [0.1, 0.15) is 0 Å². The number of nitrogens with zero attached hydrogens (tertiary/aromatic N) is 1. The van der Waals surface area contributed by atoms with Crippen molar-refractivity contribution in [2.45, 2.75) is 44.5 Å². The van der Waals surface area contributed by atoms with Crippen molar-refractivity contribution in [2.75, 3.05) is 13.7 Å². The molecular weight excluding hydrogens is 329 g/mol. The van der Waals surface area contributed by atoms with Crippen LogP contribution in [-0.2, 0) is 11.1 Å². The minimum absolute atomic E-state index is 0.187. The fraction of sp³-hybridized carbons (Fsp3) is 0.450. The van der Waals surface area contributed by atoms with Crippen LogP contribution in [0, 0.1) is 0 Å². The number of fused-ring (bicyclic) bond motifs is 1. The molecule has 2 aliphatic heterocycles. The molecule has 0 aliphatic carbocycles. The molecule has 1 saturated heterocycles. The number of pyridine rings is 1. The highest BCUT2D eigenvalue weighted by molar-refractivity contribution is 6.43. The number of rotatable bonds is 4. The zero-order valence-electron chi connectivity index (χ0n) is 15.3. The molecule has 0 saturated carbocycles. The van der Waals surface area contributed by atoms with Crippen molar-refractivity contribution in [1.82, 2.24) is 4.98 Å². The van der Waals surface area contributed by atoms with Gasteiger partial charge in [0.15, 0.2) is 11.5 Å². The Kier molecular flexibility index (Phi) is 4.87. The summed E-state index contributed by atoms with van der Waals surface area (Å²) in [6, 6.07) is 6.22. The van der Waals surface area contributed by atoms with E-state index < -0.39 is 7.12 Å². The number of hydrogen-bond acceptors (Lipinski definition) is 5. The largest absolute Gasteiger partial charge is 0.493 e. The van der Waals surface area contributed by atoms with Crippen LogP contribution in [0.3, 0.4) is 0 Å². The van der Waals surface area contributed by atoms with Crippen molar-refractivity contribution in [3.05, 3.63) is 41.7 Å². The lowest BCUT2D eigenvalue weighted by Gasteiger charge is -2.28. The lowest BCUT2D eigenvalue weighted by Crippen LogP contribution is -2.22. The summed E-state index contributed by atoms with van der Waals surface area (Å²) in [6.07, 6.45) is 7.60.